The fraction of sp³-hybridized carbons (Fsp3) is 0.273. The number of amides is 1. The Morgan fingerprint density at radius 1 is 1.44 bits per heavy atom. The molecule has 7 heteroatoms. The van der Waals surface area contributed by atoms with E-state index in [-0.39, 0.29) is 17.8 Å². The molecule has 0 spiro atoms. The summed E-state index contributed by atoms with van der Waals surface area (Å²) in [4.78, 5) is 11.8. The highest BCUT2D eigenvalue weighted by atomic mass is 16.5. The van der Waals surface area contributed by atoms with Crippen molar-refractivity contribution < 1.29 is 9.53 Å². The topological polar surface area (TPSA) is 92.8 Å². The Hall–Kier alpha value is -2.44. The number of aromatic nitrogens is 4. The summed E-state index contributed by atoms with van der Waals surface area (Å²) < 4.78 is 5.24. The molecule has 0 aliphatic heterocycles. The molecule has 0 aliphatic carbocycles. The Balaban J connectivity index is 2.12. The lowest BCUT2D eigenvalue weighted by Crippen LogP contribution is -2.27. The zero-order valence-electron chi connectivity index (χ0n) is 10.0. The maximum Gasteiger partial charge on any atom is 0.293 e. The number of nitrogens with one attached hydrogen (secondary N) is 2. The van der Waals surface area contributed by atoms with Crippen LogP contribution in [0.3, 0.4) is 0 Å². The van der Waals surface area contributed by atoms with Crippen molar-refractivity contribution in [1.29, 1.82) is 0 Å². The predicted molar refractivity (Wildman–Crippen MR) is 63.1 cm³/mol. The molecule has 0 radical (unpaired) electrons. The lowest BCUT2D eigenvalue weighted by atomic mass is 10.1. The van der Waals surface area contributed by atoms with Crippen molar-refractivity contribution in [2.45, 2.75) is 13.0 Å². The summed E-state index contributed by atoms with van der Waals surface area (Å²) in [5, 5.41) is 15.6. The summed E-state index contributed by atoms with van der Waals surface area (Å²) in [6, 6.07) is 7.27. The van der Waals surface area contributed by atoms with E-state index >= 15 is 0 Å². The van der Waals surface area contributed by atoms with Gasteiger partial charge in [-0.05, 0) is 18.2 Å². The minimum absolute atomic E-state index is 0.0109. The molecule has 1 aromatic heterocycles. The Morgan fingerprint density at radius 2 is 2.22 bits per heavy atom. The number of tetrazole rings is 1. The van der Waals surface area contributed by atoms with Gasteiger partial charge in [-0.1, -0.05) is 18.2 Å². The second-order valence-corrected chi connectivity index (χ2v) is 3.67. The predicted octanol–water partition coefficient (Wildman–Crippen LogP) is 0.699. The largest absolute Gasteiger partial charge is 0.496 e. The number of methoxy groups -OCH3 is 1. The molecule has 0 saturated heterocycles. The van der Waals surface area contributed by atoms with Crippen molar-refractivity contribution in [3.05, 3.63) is 35.7 Å². The lowest BCUT2D eigenvalue weighted by Gasteiger charge is -2.16. The van der Waals surface area contributed by atoms with Crippen molar-refractivity contribution in [1.82, 2.24) is 25.9 Å². The Morgan fingerprint density at radius 3 is 2.89 bits per heavy atom. The smallest absolute Gasteiger partial charge is 0.293 e. The number of hydrogen-bond acceptors (Lipinski definition) is 5. The van der Waals surface area contributed by atoms with Crippen LogP contribution in [0.2, 0.25) is 0 Å². The molecule has 0 bridgehead atoms. The van der Waals surface area contributed by atoms with Gasteiger partial charge in [-0.2, -0.15) is 5.21 Å². The van der Waals surface area contributed by atoms with Crippen molar-refractivity contribution in [3.63, 3.8) is 0 Å². The number of aromatic amines is 1. The number of H-pyrrole nitrogens is 1. The van der Waals surface area contributed by atoms with Crippen LogP contribution in [0, 0.1) is 0 Å². The van der Waals surface area contributed by atoms with Gasteiger partial charge in [0.2, 0.25) is 0 Å². The van der Waals surface area contributed by atoms with Gasteiger partial charge in [-0.15, -0.1) is 10.2 Å². The van der Waals surface area contributed by atoms with E-state index in [9.17, 15) is 4.79 Å². The zero-order valence-corrected chi connectivity index (χ0v) is 10.0. The summed E-state index contributed by atoms with van der Waals surface area (Å²) >= 11 is 0. The van der Waals surface area contributed by atoms with Crippen molar-refractivity contribution in [2.75, 3.05) is 7.11 Å². The van der Waals surface area contributed by atoms with Crippen LogP contribution in [-0.4, -0.2) is 33.6 Å². The highest BCUT2D eigenvalue weighted by Crippen LogP contribution is 2.24. The standard InChI is InChI=1S/C11H13N5O2/c1-7(8-5-3-4-6-9(8)18-2)12-11(17)10-13-15-16-14-10/h3-7H,1-2H3,(H,12,17)(H,13,14,15,16). The molecular formula is C11H13N5O2. The molecule has 1 aromatic carbocycles. The third kappa shape index (κ3) is 2.45. The summed E-state index contributed by atoms with van der Waals surface area (Å²) in [6.45, 7) is 1.86. The fourth-order valence-electron chi connectivity index (χ4n) is 1.62. The van der Waals surface area contributed by atoms with Crippen LogP contribution in [0.25, 0.3) is 0 Å². The average molecular weight is 247 g/mol. The maximum atomic E-state index is 11.8. The van der Waals surface area contributed by atoms with Crippen LogP contribution in [0.1, 0.15) is 29.1 Å². The third-order valence-electron chi connectivity index (χ3n) is 2.50. The van der Waals surface area contributed by atoms with E-state index in [4.69, 9.17) is 4.74 Å². The Bertz CT molecular complexity index is 526. The van der Waals surface area contributed by atoms with Crippen LogP contribution in [0.5, 0.6) is 5.75 Å². The van der Waals surface area contributed by atoms with Gasteiger partial charge in [0.05, 0.1) is 13.2 Å². The summed E-state index contributed by atoms with van der Waals surface area (Å²) in [5.74, 6) is 0.345. The van der Waals surface area contributed by atoms with Gasteiger partial charge in [-0.3, -0.25) is 4.79 Å². The van der Waals surface area contributed by atoms with E-state index < -0.39 is 0 Å². The molecule has 2 rings (SSSR count). The average Bonchev–Trinajstić information content (AvgIpc) is 2.92. The molecule has 0 saturated carbocycles. The van der Waals surface area contributed by atoms with E-state index in [1.54, 1.807) is 7.11 Å². The molecule has 2 N–H and O–H groups in total. The normalized spacial score (nSPS) is 11.9. The van der Waals surface area contributed by atoms with Gasteiger partial charge in [0, 0.05) is 5.56 Å². The van der Waals surface area contributed by atoms with E-state index in [0.29, 0.717) is 0 Å². The van der Waals surface area contributed by atoms with Crippen LogP contribution < -0.4 is 10.1 Å². The minimum atomic E-state index is -0.387. The van der Waals surface area contributed by atoms with E-state index in [1.165, 1.54) is 0 Å². The molecule has 2 aromatic rings. The highest BCUT2D eigenvalue weighted by Gasteiger charge is 2.17. The second-order valence-electron chi connectivity index (χ2n) is 3.67. The van der Waals surface area contributed by atoms with Crippen molar-refractivity contribution >= 4 is 5.91 Å². The number of benzene rings is 1. The molecule has 7 nitrogen and oxygen atoms in total. The van der Waals surface area contributed by atoms with Crippen LogP contribution in [0.4, 0.5) is 0 Å². The SMILES string of the molecule is COc1ccccc1C(C)NC(=O)c1nn[nH]n1. The monoisotopic (exact) mass is 247 g/mol. The number of para-hydroxylation sites is 1. The number of nitrogens with zero attached hydrogens (tertiary/aromatic N) is 3. The molecule has 18 heavy (non-hydrogen) atoms. The highest BCUT2D eigenvalue weighted by molar-refractivity contribution is 5.90. The first-order chi connectivity index (χ1) is 8.72. The number of ether oxygens (including phenoxy) is 1. The number of rotatable bonds is 4. The van der Waals surface area contributed by atoms with Gasteiger partial charge < -0.3 is 10.1 Å². The molecule has 0 aliphatic rings. The van der Waals surface area contributed by atoms with E-state index in [2.05, 4.69) is 25.9 Å². The molecule has 0 fully saturated rings. The summed E-state index contributed by atoms with van der Waals surface area (Å²) in [5.41, 5.74) is 0.886. The van der Waals surface area contributed by atoms with Crippen LogP contribution in [-0.2, 0) is 0 Å². The number of hydrogen-bond donors (Lipinski definition) is 2. The maximum absolute atomic E-state index is 11.8. The third-order valence-corrected chi connectivity index (χ3v) is 2.50. The van der Waals surface area contributed by atoms with Crippen LogP contribution >= 0.6 is 0 Å². The molecule has 1 unspecified atom stereocenters. The van der Waals surface area contributed by atoms with E-state index in [0.717, 1.165) is 11.3 Å². The number of carbonyl (C=O) groups is 1. The van der Waals surface area contributed by atoms with Crippen molar-refractivity contribution in [2.24, 2.45) is 0 Å². The van der Waals surface area contributed by atoms with Crippen LogP contribution in [0.15, 0.2) is 24.3 Å². The second kappa shape index (κ2) is 5.26. The summed E-state index contributed by atoms with van der Waals surface area (Å²) in [6.07, 6.45) is 0. The molecule has 94 valence electrons. The molecule has 1 amide bonds. The number of carbonyl (C=O) groups excluding carboxylic acids is 1. The first-order valence-electron chi connectivity index (χ1n) is 5.39. The molecule has 1 heterocycles. The van der Waals surface area contributed by atoms with Crippen molar-refractivity contribution in [3.8, 4) is 5.75 Å². The molecular weight excluding hydrogens is 234 g/mol. The van der Waals surface area contributed by atoms with Gasteiger partial charge in [-0.25, -0.2) is 0 Å². The minimum Gasteiger partial charge on any atom is -0.496 e. The fourth-order valence-corrected chi connectivity index (χ4v) is 1.62. The lowest BCUT2D eigenvalue weighted by molar-refractivity contribution is 0.0929. The quantitative estimate of drug-likeness (QED) is 0.829. The van der Waals surface area contributed by atoms with E-state index in [1.807, 2.05) is 31.2 Å². The van der Waals surface area contributed by atoms with Gasteiger partial charge in [0.1, 0.15) is 5.75 Å². The van der Waals surface area contributed by atoms with Gasteiger partial charge in [0.15, 0.2) is 0 Å². The van der Waals surface area contributed by atoms with Gasteiger partial charge >= 0.3 is 0 Å². The zero-order chi connectivity index (χ0) is 13.0. The Labute approximate surface area is 104 Å². The molecule has 1 atom stereocenters. The van der Waals surface area contributed by atoms with Gasteiger partial charge in [0.25, 0.3) is 11.7 Å². The summed E-state index contributed by atoms with van der Waals surface area (Å²) in [7, 11) is 1.59. The first-order valence-corrected chi connectivity index (χ1v) is 5.39. The first kappa shape index (κ1) is 12.0. The Kier molecular flexibility index (Phi) is 3.52.